The molecule has 0 saturated carbocycles. The molecule has 4 N–H and O–H groups in total. The summed E-state index contributed by atoms with van der Waals surface area (Å²) >= 11 is 0. The van der Waals surface area contributed by atoms with E-state index in [1.165, 1.54) is 193 Å². The molecular weight excluding hydrogens is 909 g/mol. The van der Waals surface area contributed by atoms with Gasteiger partial charge in [0.25, 0.3) is 10.1 Å². The maximum atomic E-state index is 12.9. The number of ether oxygens (including phenoxy) is 4. The molecule has 13 heteroatoms. The standard InChI is InChI=1S/C57H106O12S/c1-3-5-7-9-11-13-15-17-19-21-23-24-25-26-28-30-32-34-36-38-40-42-44-46-53(59)68-50(48-67-57-56(62)55(61)54(60)51(69-57)49-70(63,64)65)47-66-52(58)45-43-41-39-37-35-33-31-29-27-22-20-18-16-14-12-10-8-6-4-2/h18,20-21,23,50-51,54-57,60-62H,3-17,19,22,24-49H2,1-2H3,(H,63,64,65)/b20-18-,23-21-. The van der Waals surface area contributed by atoms with Gasteiger partial charge in [0.2, 0.25) is 0 Å². The van der Waals surface area contributed by atoms with Crippen molar-refractivity contribution in [2.24, 2.45) is 0 Å². The minimum atomic E-state index is -4.61. The summed E-state index contributed by atoms with van der Waals surface area (Å²) in [5.74, 6) is -1.97. The molecule has 70 heavy (non-hydrogen) atoms. The van der Waals surface area contributed by atoms with Gasteiger partial charge in [0.05, 0.1) is 6.61 Å². The van der Waals surface area contributed by atoms with Crippen LogP contribution in [0.15, 0.2) is 24.3 Å². The second-order valence-corrected chi connectivity index (χ2v) is 21.8. The van der Waals surface area contributed by atoms with E-state index in [-0.39, 0.29) is 19.4 Å². The fraction of sp³-hybridized carbons (Fsp3) is 0.895. The summed E-state index contributed by atoms with van der Waals surface area (Å²) in [4.78, 5) is 25.6. The van der Waals surface area contributed by atoms with Crippen molar-refractivity contribution in [3.05, 3.63) is 24.3 Å². The molecule has 1 saturated heterocycles. The molecule has 0 radical (unpaired) electrons. The van der Waals surface area contributed by atoms with Crippen LogP contribution in [0.3, 0.4) is 0 Å². The Balaban J connectivity index is 2.30. The lowest BCUT2D eigenvalue weighted by atomic mass is 10.00. The van der Waals surface area contributed by atoms with E-state index in [0.717, 1.165) is 38.5 Å². The molecule has 1 heterocycles. The summed E-state index contributed by atoms with van der Waals surface area (Å²) in [5.41, 5.74) is 0. The van der Waals surface area contributed by atoms with Crippen molar-refractivity contribution in [1.29, 1.82) is 0 Å². The number of aliphatic hydroxyl groups excluding tert-OH is 3. The number of allylic oxidation sites excluding steroid dienone is 4. The van der Waals surface area contributed by atoms with E-state index in [2.05, 4.69) is 38.2 Å². The molecule has 12 nitrogen and oxygen atoms in total. The molecule has 0 aromatic heterocycles. The van der Waals surface area contributed by atoms with Crippen LogP contribution in [-0.2, 0) is 38.7 Å². The topological polar surface area (TPSA) is 186 Å². The first-order chi connectivity index (χ1) is 34.0. The van der Waals surface area contributed by atoms with Gasteiger partial charge in [0.15, 0.2) is 12.4 Å². The van der Waals surface area contributed by atoms with E-state index in [9.17, 15) is 37.9 Å². The number of esters is 2. The highest BCUT2D eigenvalue weighted by molar-refractivity contribution is 7.85. The zero-order chi connectivity index (χ0) is 51.2. The molecule has 1 aliphatic heterocycles. The number of carbonyl (C=O) groups excluding carboxylic acids is 2. The van der Waals surface area contributed by atoms with E-state index in [1.807, 2.05) is 0 Å². The van der Waals surface area contributed by atoms with Gasteiger partial charge in [-0.25, -0.2) is 0 Å². The third-order valence-electron chi connectivity index (χ3n) is 13.5. The molecule has 6 unspecified atom stereocenters. The Bertz CT molecular complexity index is 1370. The van der Waals surface area contributed by atoms with E-state index >= 15 is 0 Å². The van der Waals surface area contributed by atoms with Crippen LogP contribution < -0.4 is 0 Å². The lowest BCUT2D eigenvalue weighted by Gasteiger charge is -2.40. The highest BCUT2D eigenvalue weighted by atomic mass is 32.2. The molecule has 0 spiro atoms. The Labute approximate surface area is 428 Å². The lowest BCUT2D eigenvalue weighted by molar-refractivity contribution is -0.297. The summed E-state index contributed by atoms with van der Waals surface area (Å²) in [5, 5.41) is 31.1. The second-order valence-electron chi connectivity index (χ2n) is 20.3. The number of carbonyl (C=O) groups is 2. The molecule has 0 aromatic carbocycles. The minimum absolute atomic E-state index is 0.166. The zero-order valence-electron chi connectivity index (χ0n) is 44.6. The van der Waals surface area contributed by atoms with Gasteiger partial charge in [-0.2, -0.15) is 8.42 Å². The Morgan fingerprint density at radius 2 is 0.814 bits per heavy atom. The third kappa shape index (κ3) is 40.6. The molecular formula is C57H106O12S. The third-order valence-corrected chi connectivity index (χ3v) is 14.3. The number of rotatable bonds is 50. The van der Waals surface area contributed by atoms with Crippen molar-refractivity contribution in [2.45, 2.75) is 307 Å². The van der Waals surface area contributed by atoms with Crippen LogP contribution in [0.1, 0.15) is 271 Å². The molecule has 6 atom stereocenters. The number of hydrogen-bond donors (Lipinski definition) is 4. The summed E-state index contributed by atoms with van der Waals surface area (Å²) in [6.45, 7) is 3.81. The minimum Gasteiger partial charge on any atom is -0.462 e. The largest absolute Gasteiger partial charge is 0.462 e. The molecule has 1 rings (SSSR count). The van der Waals surface area contributed by atoms with Gasteiger partial charge < -0.3 is 34.3 Å². The maximum Gasteiger partial charge on any atom is 0.306 e. The summed E-state index contributed by atoms with van der Waals surface area (Å²) in [6, 6.07) is 0. The quantitative estimate of drug-likeness (QED) is 0.0196. The first-order valence-corrected chi connectivity index (χ1v) is 30.5. The maximum absolute atomic E-state index is 12.9. The van der Waals surface area contributed by atoms with Gasteiger partial charge in [-0.15, -0.1) is 0 Å². The van der Waals surface area contributed by atoms with Crippen molar-refractivity contribution in [2.75, 3.05) is 19.0 Å². The molecule has 412 valence electrons. The smallest absolute Gasteiger partial charge is 0.306 e. The molecule has 0 amide bonds. The fourth-order valence-corrected chi connectivity index (χ4v) is 9.71. The highest BCUT2D eigenvalue weighted by Crippen LogP contribution is 2.24. The Morgan fingerprint density at radius 3 is 1.19 bits per heavy atom. The molecule has 1 fully saturated rings. The fourth-order valence-electron chi connectivity index (χ4n) is 9.02. The van der Waals surface area contributed by atoms with Crippen molar-refractivity contribution in [3.63, 3.8) is 0 Å². The molecule has 0 aliphatic carbocycles. The van der Waals surface area contributed by atoms with E-state index in [4.69, 9.17) is 18.9 Å². The SMILES string of the molecule is CCCCCCCC/C=C\CCCCCCCCCCCC(=O)OCC(COC1OC(CS(=O)(=O)O)C(O)C(O)C1O)OC(=O)CCCCCCCCCCCCC/C=C\CCCCCCCCCC. The number of hydrogen-bond acceptors (Lipinski definition) is 11. The first-order valence-electron chi connectivity index (χ1n) is 28.9. The van der Waals surface area contributed by atoms with Gasteiger partial charge >= 0.3 is 11.9 Å². The lowest BCUT2D eigenvalue weighted by Crippen LogP contribution is -2.60. The van der Waals surface area contributed by atoms with Crippen molar-refractivity contribution in [1.82, 2.24) is 0 Å². The second kappa shape index (κ2) is 46.9. The van der Waals surface area contributed by atoms with E-state index in [1.54, 1.807) is 0 Å². The number of aliphatic hydroxyl groups is 3. The summed E-state index contributed by atoms with van der Waals surface area (Å²) in [7, 11) is -4.61. The average molecular weight is 1020 g/mol. The molecule has 1 aliphatic rings. The van der Waals surface area contributed by atoms with Crippen LogP contribution in [0, 0.1) is 0 Å². The Hall–Kier alpha value is -1.87. The summed E-state index contributed by atoms with van der Waals surface area (Å²) < 4.78 is 54.4. The van der Waals surface area contributed by atoms with Gasteiger partial charge in [0.1, 0.15) is 36.8 Å². The van der Waals surface area contributed by atoms with E-state index in [0.29, 0.717) is 12.8 Å². The normalized spacial score (nSPS) is 19.1. The predicted molar refractivity (Wildman–Crippen MR) is 284 cm³/mol. The van der Waals surface area contributed by atoms with Crippen LogP contribution in [0.2, 0.25) is 0 Å². The molecule has 0 aromatic rings. The van der Waals surface area contributed by atoms with Crippen LogP contribution >= 0.6 is 0 Å². The van der Waals surface area contributed by atoms with Crippen LogP contribution in [0.4, 0.5) is 0 Å². The van der Waals surface area contributed by atoms with Gasteiger partial charge in [-0.3, -0.25) is 14.1 Å². The predicted octanol–water partition coefficient (Wildman–Crippen LogP) is 13.9. The highest BCUT2D eigenvalue weighted by Gasteiger charge is 2.46. The molecule has 0 bridgehead atoms. The van der Waals surface area contributed by atoms with Crippen LogP contribution in [0.25, 0.3) is 0 Å². The Kier molecular flexibility index (Phi) is 44.3. The Morgan fingerprint density at radius 1 is 0.471 bits per heavy atom. The van der Waals surface area contributed by atoms with Crippen LogP contribution in [0.5, 0.6) is 0 Å². The number of unbranched alkanes of at least 4 members (excludes halogenated alkanes) is 34. The zero-order valence-corrected chi connectivity index (χ0v) is 45.5. The monoisotopic (exact) mass is 1010 g/mol. The van der Waals surface area contributed by atoms with Crippen molar-refractivity contribution < 1.29 is 56.8 Å². The van der Waals surface area contributed by atoms with Gasteiger partial charge in [-0.05, 0) is 64.2 Å². The summed E-state index contributed by atoms with van der Waals surface area (Å²) in [6.07, 6.45) is 46.4. The van der Waals surface area contributed by atoms with E-state index < -0.39 is 71.2 Å². The first kappa shape index (κ1) is 66.1. The average Bonchev–Trinajstić information content (AvgIpc) is 3.33. The van der Waals surface area contributed by atoms with Crippen molar-refractivity contribution in [3.8, 4) is 0 Å². The van der Waals surface area contributed by atoms with Crippen molar-refractivity contribution >= 4 is 22.1 Å². The van der Waals surface area contributed by atoms with Gasteiger partial charge in [-0.1, -0.05) is 218 Å². The van der Waals surface area contributed by atoms with Gasteiger partial charge in [0, 0.05) is 12.8 Å². The van der Waals surface area contributed by atoms with Crippen LogP contribution in [-0.4, -0.2) is 96.0 Å².